The number of hydrogen-bond donors (Lipinski definition) is 0. The minimum atomic E-state index is -0.318. The van der Waals surface area contributed by atoms with E-state index in [9.17, 15) is 9.59 Å². The average Bonchev–Trinajstić information content (AvgIpc) is 3.02. The van der Waals surface area contributed by atoms with Gasteiger partial charge in [0.05, 0.1) is 24.3 Å². The first-order valence-corrected chi connectivity index (χ1v) is 16.2. The molecule has 0 bridgehead atoms. The van der Waals surface area contributed by atoms with E-state index in [4.69, 9.17) is 9.47 Å². The van der Waals surface area contributed by atoms with E-state index in [1.165, 1.54) is 0 Å². The van der Waals surface area contributed by atoms with Crippen LogP contribution in [0.2, 0.25) is 0 Å². The number of benzene rings is 6. The van der Waals surface area contributed by atoms with Crippen LogP contribution in [0.3, 0.4) is 0 Å². The Balaban J connectivity index is 1.66. The van der Waals surface area contributed by atoms with E-state index in [0.717, 1.165) is 65.7 Å². The molecule has 0 amide bonds. The average molecular weight is 611 g/mol. The largest absolute Gasteiger partial charge is 0.462 e. The Hall–Kier alpha value is -4.70. The van der Waals surface area contributed by atoms with Gasteiger partial charge in [-0.2, -0.15) is 0 Å². The second-order valence-electron chi connectivity index (χ2n) is 14.1. The van der Waals surface area contributed by atoms with Crippen molar-refractivity contribution in [1.29, 1.82) is 0 Å². The summed E-state index contributed by atoms with van der Waals surface area (Å²) in [6.07, 6.45) is 0. The molecule has 0 aliphatic heterocycles. The van der Waals surface area contributed by atoms with Gasteiger partial charge < -0.3 is 9.47 Å². The molecule has 0 aromatic heterocycles. The van der Waals surface area contributed by atoms with Gasteiger partial charge in [0.1, 0.15) is 0 Å². The predicted molar refractivity (Wildman–Crippen MR) is 190 cm³/mol. The fraction of sp³-hybridized carbons (Fsp3) is 0.286. The molecule has 0 N–H and O–H groups in total. The molecule has 4 nitrogen and oxygen atoms in total. The molecule has 0 saturated heterocycles. The molecule has 0 saturated carbocycles. The lowest BCUT2D eigenvalue weighted by Gasteiger charge is -2.23. The van der Waals surface area contributed by atoms with E-state index >= 15 is 0 Å². The normalized spacial score (nSPS) is 12.3. The molecule has 6 aromatic carbocycles. The molecule has 234 valence electrons. The van der Waals surface area contributed by atoms with Crippen LogP contribution in [0.1, 0.15) is 87.2 Å². The molecule has 0 spiro atoms. The second-order valence-corrected chi connectivity index (χ2v) is 14.1. The van der Waals surface area contributed by atoms with E-state index in [1.54, 1.807) is 0 Å². The number of rotatable bonds is 6. The van der Waals surface area contributed by atoms with Gasteiger partial charge in [0.2, 0.25) is 0 Å². The molecule has 0 unspecified atom stereocenters. The highest BCUT2D eigenvalue weighted by Gasteiger charge is 2.25. The van der Waals surface area contributed by atoms with Crippen molar-refractivity contribution >= 4 is 44.3 Å². The van der Waals surface area contributed by atoms with Gasteiger partial charge in [0.25, 0.3) is 0 Å². The second kappa shape index (κ2) is 11.6. The van der Waals surface area contributed by atoms with Crippen LogP contribution in [-0.2, 0) is 20.3 Å². The molecule has 6 aromatic rings. The minimum absolute atomic E-state index is 0.122. The van der Waals surface area contributed by atoms with Gasteiger partial charge in [0.15, 0.2) is 0 Å². The van der Waals surface area contributed by atoms with E-state index in [0.29, 0.717) is 24.3 Å². The topological polar surface area (TPSA) is 52.6 Å². The van der Waals surface area contributed by atoms with Gasteiger partial charge in [-0.3, -0.25) is 0 Å². The lowest BCUT2D eigenvalue weighted by molar-refractivity contribution is 0.0517. The molecule has 0 atom stereocenters. The summed E-state index contributed by atoms with van der Waals surface area (Å²) in [7, 11) is 0. The van der Waals surface area contributed by atoms with Crippen LogP contribution in [0, 0.1) is 0 Å². The number of carbonyl (C=O) groups excluding carboxylic acids is 2. The monoisotopic (exact) mass is 610 g/mol. The highest BCUT2D eigenvalue weighted by atomic mass is 16.5. The minimum Gasteiger partial charge on any atom is -0.462 e. The van der Waals surface area contributed by atoms with Crippen molar-refractivity contribution in [1.82, 2.24) is 0 Å². The molecule has 46 heavy (non-hydrogen) atoms. The molecule has 6 rings (SSSR count). The summed E-state index contributed by atoms with van der Waals surface area (Å²) in [6.45, 7) is 17.2. The Morgan fingerprint density at radius 3 is 1.26 bits per heavy atom. The Morgan fingerprint density at radius 2 is 0.913 bits per heavy atom. The Morgan fingerprint density at radius 1 is 0.522 bits per heavy atom. The highest BCUT2D eigenvalue weighted by molar-refractivity contribution is 6.29. The van der Waals surface area contributed by atoms with Crippen LogP contribution in [0.4, 0.5) is 0 Å². The molecule has 0 aliphatic carbocycles. The third kappa shape index (κ3) is 5.40. The van der Waals surface area contributed by atoms with Crippen molar-refractivity contribution < 1.29 is 19.1 Å². The third-order valence-corrected chi connectivity index (χ3v) is 8.97. The van der Waals surface area contributed by atoms with Gasteiger partial charge in [-0.25, -0.2) is 9.59 Å². The highest BCUT2D eigenvalue weighted by Crippen LogP contribution is 2.45. The first-order chi connectivity index (χ1) is 21.8. The van der Waals surface area contributed by atoms with Crippen LogP contribution in [0.25, 0.3) is 54.6 Å². The van der Waals surface area contributed by atoms with Crippen LogP contribution in [0.15, 0.2) is 84.9 Å². The summed E-state index contributed by atoms with van der Waals surface area (Å²) in [5.41, 5.74) is 6.75. The first kappa shape index (κ1) is 31.3. The van der Waals surface area contributed by atoms with Crippen LogP contribution in [0.5, 0.6) is 0 Å². The lowest BCUT2D eigenvalue weighted by atomic mass is 9.81. The quantitative estimate of drug-likeness (QED) is 0.139. The predicted octanol–water partition coefficient (Wildman–Crippen LogP) is 10.9. The van der Waals surface area contributed by atoms with E-state index < -0.39 is 0 Å². The summed E-state index contributed by atoms with van der Waals surface area (Å²) in [6, 6.07) is 29.4. The molecule has 0 aliphatic rings. The van der Waals surface area contributed by atoms with E-state index in [1.807, 2.05) is 26.0 Å². The van der Waals surface area contributed by atoms with Crippen molar-refractivity contribution in [3.05, 3.63) is 107 Å². The maximum Gasteiger partial charge on any atom is 0.338 e. The summed E-state index contributed by atoms with van der Waals surface area (Å²) in [5.74, 6) is -0.637. The van der Waals surface area contributed by atoms with Gasteiger partial charge in [-0.1, -0.05) is 102 Å². The maximum absolute atomic E-state index is 13.4. The molecule has 0 fully saturated rings. The summed E-state index contributed by atoms with van der Waals surface area (Å²) < 4.78 is 11.1. The zero-order valence-corrected chi connectivity index (χ0v) is 28.1. The first-order valence-electron chi connectivity index (χ1n) is 16.2. The molecule has 0 heterocycles. The third-order valence-electron chi connectivity index (χ3n) is 8.97. The van der Waals surface area contributed by atoms with Gasteiger partial charge in [0, 0.05) is 0 Å². The zero-order valence-electron chi connectivity index (χ0n) is 28.1. The van der Waals surface area contributed by atoms with Crippen molar-refractivity contribution in [3.63, 3.8) is 0 Å². The fourth-order valence-corrected chi connectivity index (χ4v) is 6.55. The lowest BCUT2D eigenvalue weighted by Crippen LogP contribution is -2.14. The van der Waals surface area contributed by atoms with Gasteiger partial charge in [-0.15, -0.1) is 0 Å². The summed E-state index contributed by atoms with van der Waals surface area (Å²) in [5, 5.41) is 6.53. The Bertz CT molecular complexity index is 1970. The summed E-state index contributed by atoms with van der Waals surface area (Å²) in [4.78, 5) is 26.8. The Labute approximate surface area is 271 Å². The number of carbonyl (C=O) groups is 2. The maximum atomic E-state index is 13.4. The Kier molecular flexibility index (Phi) is 7.88. The van der Waals surface area contributed by atoms with Crippen molar-refractivity contribution in [2.45, 2.75) is 66.2 Å². The van der Waals surface area contributed by atoms with Crippen LogP contribution >= 0.6 is 0 Å². The van der Waals surface area contributed by atoms with E-state index in [-0.39, 0.29) is 22.8 Å². The van der Waals surface area contributed by atoms with Crippen molar-refractivity contribution in [2.75, 3.05) is 13.2 Å². The standard InChI is InChI=1S/C42H42O4/c1-9-45-39(43)35-23-27(41(3,4)5)17-19-29(35)33-21-25-13-12-16-32-34(22-26-14-11-15-31(33)37(26)38(25)32)30-20-18-28(42(6,7)8)24-36(30)40(44)46-10-2/h11-24H,9-10H2,1-8H3. The van der Waals surface area contributed by atoms with Crippen molar-refractivity contribution in [2.24, 2.45) is 0 Å². The van der Waals surface area contributed by atoms with E-state index in [2.05, 4.69) is 114 Å². The molecule has 4 heteroatoms. The molecular weight excluding hydrogens is 568 g/mol. The van der Waals surface area contributed by atoms with Crippen molar-refractivity contribution in [3.8, 4) is 22.3 Å². The summed E-state index contributed by atoms with van der Waals surface area (Å²) >= 11 is 0. The van der Waals surface area contributed by atoms with Gasteiger partial charge in [-0.05, 0) is 115 Å². The van der Waals surface area contributed by atoms with Gasteiger partial charge >= 0.3 is 11.9 Å². The number of ether oxygens (including phenoxy) is 2. The number of hydrogen-bond acceptors (Lipinski definition) is 4. The zero-order chi connectivity index (χ0) is 33.0. The molecular formula is C42H42O4. The SMILES string of the molecule is CCOC(=O)c1cc(C(C)(C)C)ccc1-c1cc2cccc3c(-c4ccc(C(C)(C)C)cc4C(=O)OCC)cc4cccc1c4c23. The molecule has 0 radical (unpaired) electrons. The number of esters is 2. The van der Waals surface area contributed by atoms with Crippen LogP contribution in [-0.4, -0.2) is 25.2 Å². The smallest absolute Gasteiger partial charge is 0.338 e. The fourth-order valence-electron chi connectivity index (χ4n) is 6.55. The van der Waals surface area contributed by atoms with Crippen LogP contribution < -0.4 is 0 Å².